The van der Waals surface area contributed by atoms with E-state index >= 15 is 0 Å². The summed E-state index contributed by atoms with van der Waals surface area (Å²) in [6.07, 6.45) is 1.14. The molecule has 31 heavy (non-hydrogen) atoms. The van der Waals surface area contributed by atoms with E-state index < -0.39 is 11.4 Å². The Morgan fingerprint density at radius 2 is 1.81 bits per heavy atom. The number of anilines is 3. The number of aromatic nitrogens is 2. The molecule has 4 aromatic rings. The topological polar surface area (TPSA) is 131 Å². The number of piperazine rings is 1. The predicted octanol–water partition coefficient (Wildman–Crippen LogP) is 1.93. The molecule has 0 aliphatic carbocycles. The van der Waals surface area contributed by atoms with Gasteiger partial charge in [0.2, 0.25) is 5.43 Å². The number of aromatic carboxylic acids is 1. The number of thiazole rings is 1. The lowest BCUT2D eigenvalue weighted by molar-refractivity contribution is 0.0695. The summed E-state index contributed by atoms with van der Waals surface area (Å²) >= 11 is 1.68. The number of nitrogen functional groups attached to an aromatic ring is 2. The Morgan fingerprint density at radius 3 is 2.52 bits per heavy atom. The molecule has 0 saturated carbocycles. The van der Waals surface area contributed by atoms with Gasteiger partial charge in [0.15, 0.2) is 5.13 Å². The van der Waals surface area contributed by atoms with E-state index in [0.29, 0.717) is 11.2 Å². The largest absolute Gasteiger partial charge is 0.477 e. The van der Waals surface area contributed by atoms with Crippen LogP contribution in [0.2, 0.25) is 0 Å². The summed E-state index contributed by atoms with van der Waals surface area (Å²) in [6.45, 7) is 3.02. The van der Waals surface area contributed by atoms with Gasteiger partial charge in [0.1, 0.15) is 5.56 Å². The molecule has 0 unspecified atom stereocenters. The lowest BCUT2D eigenvalue weighted by Crippen LogP contribution is -2.46. The first kappa shape index (κ1) is 19.2. The third-order valence-electron chi connectivity index (χ3n) is 5.58. The zero-order valence-electron chi connectivity index (χ0n) is 16.5. The number of nitrogens with two attached hydrogens (primary N) is 2. The molecule has 0 spiro atoms. The first-order valence-electron chi connectivity index (χ1n) is 9.75. The fourth-order valence-electron chi connectivity index (χ4n) is 3.96. The Morgan fingerprint density at radius 1 is 1.10 bits per heavy atom. The van der Waals surface area contributed by atoms with Crippen molar-refractivity contribution in [2.24, 2.45) is 0 Å². The number of pyridine rings is 1. The van der Waals surface area contributed by atoms with Gasteiger partial charge in [0, 0.05) is 32.4 Å². The number of para-hydroxylation sites is 1. The maximum Gasteiger partial charge on any atom is 0.341 e. The molecule has 0 radical (unpaired) electrons. The number of carboxylic acid groups (broad SMARTS) is 1. The van der Waals surface area contributed by atoms with Gasteiger partial charge in [-0.3, -0.25) is 9.47 Å². The van der Waals surface area contributed by atoms with Gasteiger partial charge in [-0.15, -0.1) is 0 Å². The van der Waals surface area contributed by atoms with Crippen LogP contribution in [0.4, 0.5) is 16.5 Å². The van der Waals surface area contributed by atoms with Crippen LogP contribution in [0, 0.1) is 0 Å². The second kappa shape index (κ2) is 7.17. The van der Waals surface area contributed by atoms with Gasteiger partial charge < -0.3 is 26.5 Å². The first-order chi connectivity index (χ1) is 14.9. The van der Waals surface area contributed by atoms with Crippen molar-refractivity contribution in [1.29, 1.82) is 0 Å². The zero-order valence-corrected chi connectivity index (χ0v) is 17.3. The summed E-state index contributed by atoms with van der Waals surface area (Å²) in [5.41, 5.74) is 7.92. The van der Waals surface area contributed by atoms with Crippen molar-refractivity contribution >= 4 is 54.9 Å². The van der Waals surface area contributed by atoms with Crippen LogP contribution in [0.15, 0.2) is 47.4 Å². The molecule has 2 aromatic heterocycles. The molecular formula is C21H20N6O3S. The van der Waals surface area contributed by atoms with Gasteiger partial charge >= 0.3 is 5.97 Å². The van der Waals surface area contributed by atoms with Crippen LogP contribution in [0.5, 0.6) is 0 Å². The number of nitrogens with zero attached hydrogens (tertiary/aromatic N) is 4. The molecule has 9 nitrogen and oxygen atoms in total. The van der Waals surface area contributed by atoms with Gasteiger partial charge in [0.05, 0.1) is 32.5 Å². The second-order valence-electron chi connectivity index (χ2n) is 7.45. The first-order valence-corrected chi connectivity index (χ1v) is 10.6. The molecule has 1 fully saturated rings. The maximum atomic E-state index is 12.5. The van der Waals surface area contributed by atoms with E-state index in [2.05, 4.69) is 15.9 Å². The quantitative estimate of drug-likeness (QED) is 0.328. The molecule has 3 heterocycles. The van der Waals surface area contributed by atoms with Gasteiger partial charge in [-0.25, -0.2) is 9.78 Å². The molecule has 0 atom stereocenters. The van der Waals surface area contributed by atoms with E-state index in [4.69, 9.17) is 16.6 Å². The molecule has 1 saturated heterocycles. The van der Waals surface area contributed by atoms with E-state index in [0.717, 1.165) is 48.7 Å². The summed E-state index contributed by atoms with van der Waals surface area (Å²) < 4.78 is 2.33. The Balaban J connectivity index is 1.43. The van der Waals surface area contributed by atoms with Gasteiger partial charge in [-0.1, -0.05) is 23.5 Å². The van der Waals surface area contributed by atoms with Gasteiger partial charge in [-0.2, -0.15) is 0 Å². The number of benzene rings is 2. The average Bonchev–Trinajstić information content (AvgIpc) is 3.20. The van der Waals surface area contributed by atoms with Crippen molar-refractivity contribution < 1.29 is 9.90 Å². The van der Waals surface area contributed by atoms with Gasteiger partial charge in [-0.05, 0) is 24.3 Å². The molecule has 0 amide bonds. The van der Waals surface area contributed by atoms with E-state index in [-0.39, 0.29) is 10.9 Å². The van der Waals surface area contributed by atoms with Crippen LogP contribution in [0.25, 0.3) is 21.1 Å². The van der Waals surface area contributed by atoms with Crippen molar-refractivity contribution in [2.45, 2.75) is 0 Å². The highest BCUT2D eigenvalue weighted by Crippen LogP contribution is 2.32. The second-order valence-corrected chi connectivity index (χ2v) is 8.46. The molecule has 1 aliphatic heterocycles. The molecule has 1 aliphatic rings. The summed E-state index contributed by atoms with van der Waals surface area (Å²) in [6, 6.07) is 11.4. The number of hydrogen-bond acceptors (Lipinski definition) is 8. The predicted molar refractivity (Wildman–Crippen MR) is 124 cm³/mol. The monoisotopic (exact) mass is 436 g/mol. The highest BCUT2D eigenvalue weighted by atomic mass is 32.1. The maximum absolute atomic E-state index is 12.5. The number of carboxylic acids is 1. The fraction of sp³-hybridized carbons (Fsp3) is 0.190. The Kier molecular flexibility index (Phi) is 4.44. The molecule has 10 heteroatoms. The summed E-state index contributed by atoms with van der Waals surface area (Å²) in [7, 11) is 0. The van der Waals surface area contributed by atoms with Crippen LogP contribution in [0.3, 0.4) is 0 Å². The highest BCUT2D eigenvalue weighted by Gasteiger charge is 2.23. The third-order valence-corrected chi connectivity index (χ3v) is 6.68. The van der Waals surface area contributed by atoms with Crippen molar-refractivity contribution in [3.8, 4) is 0 Å². The highest BCUT2D eigenvalue weighted by molar-refractivity contribution is 7.22. The lowest BCUT2D eigenvalue weighted by atomic mass is 10.1. The fourth-order valence-corrected chi connectivity index (χ4v) is 4.98. The summed E-state index contributed by atoms with van der Waals surface area (Å²) in [4.78, 5) is 33.0. The van der Waals surface area contributed by atoms with E-state index in [1.54, 1.807) is 17.4 Å². The van der Waals surface area contributed by atoms with Crippen molar-refractivity contribution in [1.82, 2.24) is 9.66 Å². The number of fused-ring (bicyclic) bond motifs is 2. The van der Waals surface area contributed by atoms with Crippen LogP contribution in [-0.2, 0) is 0 Å². The molecule has 2 aromatic carbocycles. The van der Waals surface area contributed by atoms with Crippen LogP contribution < -0.4 is 26.8 Å². The average molecular weight is 436 g/mol. The minimum absolute atomic E-state index is 0.191. The Bertz CT molecular complexity index is 1350. The van der Waals surface area contributed by atoms with E-state index in [9.17, 15) is 14.7 Å². The standard InChI is InChI=1S/C21H20N6O3S/c22-14-9-12-16(27(23)11-13(19(12)28)20(29)30)10-17(14)25-5-7-26(8-6-25)21-24-15-3-1-2-4-18(15)31-21/h1-4,9-11H,5-8,22-23H2,(H,29,30). The van der Waals surface area contributed by atoms with E-state index in [1.807, 2.05) is 18.2 Å². The third kappa shape index (κ3) is 3.21. The lowest BCUT2D eigenvalue weighted by Gasteiger charge is -2.36. The van der Waals surface area contributed by atoms with Crippen molar-refractivity contribution in [3.05, 3.63) is 58.4 Å². The minimum atomic E-state index is -1.32. The van der Waals surface area contributed by atoms with Crippen LogP contribution in [0.1, 0.15) is 10.4 Å². The van der Waals surface area contributed by atoms with Crippen LogP contribution >= 0.6 is 11.3 Å². The Labute approximate surface area is 180 Å². The molecule has 158 valence electrons. The molecule has 0 bridgehead atoms. The number of carbonyl (C=O) groups is 1. The van der Waals surface area contributed by atoms with Crippen LogP contribution in [-0.4, -0.2) is 46.9 Å². The van der Waals surface area contributed by atoms with E-state index in [1.165, 1.54) is 15.4 Å². The summed E-state index contributed by atoms with van der Waals surface area (Å²) in [5, 5.41) is 10.4. The minimum Gasteiger partial charge on any atom is -0.477 e. The number of rotatable bonds is 3. The normalized spacial score (nSPS) is 14.5. The number of hydrogen-bond donors (Lipinski definition) is 3. The Hall–Kier alpha value is -3.79. The SMILES string of the molecule is Nc1cc2c(=O)c(C(=O)O)cn(N)c2cc1N1CCN(c2nc3ccccc3s2)CC1. The summed E-state index contributed by atoms with van der Waals surface area (Å²) in [5.74, 6) is 4.67. The molecule has 5 rings (SSSR count). The smallest absolute Gasteiger partial charge is 0.341 e. The van der Waals surface area contributed by atoms with Crippen molar-refractivity contribution in [3.63, 3.8) is 0 Å². The molecule has 5 N–H and O–H groups in total. The molecular weight excluding hydrogens is 416 g/mol. The van der Waals surface area contributed by atoms with Crippen molar-refractivity contribution in [2.75, 3.05) is 47.6 Å². The van der Waals surface area contributed by atoms with Gasteiger partial charge in [0.25, 0.3) is 0 Å². The zero-order chi connectivity index (χ0) is 21.7.